The Morgan fingerprint density at radius 2 is 1.75 bits per heavy atom. The van der Waals surface area contributed by atoms with Gasteiger partial charge in [-0.25, -0.2) is 0 Å². The zero-order chi connectivity index (χ0) is 8.72. The number of fused-ring (bicyclic) bond motifs is 1. The summed E-state index contributed by atoms with van der Waals surface area (Å²) in [7, 11) is 0. The van der Waals surface area contributed by atoms with Gasteiger partial charge in [0.2, 0.25) is 0 Å². The molecule has 1 aromatic carbocycles. The topological polar surface area (TPSA) is 0 Å². The molecule has 2 aromatic rings. The lowest BCUT2D eigenvalue weighted by Crippen LogP contribution is -1.75. The highest BCUT2D eigenvalue weighted by atomic mass is 32.1. The Kier molecular flexibility index (Phi) is 1.69. The molecule has 0 aliphatic heterocycles. The van der Waals surface area contributed by atoms with Crippen LogP contribution < -0.4 is 0 Å². The maximum Gasteiger partial charge on any atom is 0.0374 e. The summed E-state index contributed by atoms with van der Waals surface area (Å²) in [6.45, 7) is 6.50. The Hall–Kier alpha value is -0.820. The van der Waals surface area contributed by atoms with Crippen LogP contribution >= 0.6 is 11.3 Å². The summed E-state index contributed by atoms with van der Waals surface area (Å²) in [6, 6.07) is 6.77. The minimum absolute atomic E-state index is 1.36. The highest BCUT2D eigenvalue weighted by Gasteiger charge is 2.01. The van der Waals surface area contributed by atoms with Gasteiger partial charge in [0.05, 0.1) is 0 Å². The maximum atomic E-state index is 2.26. The molecule has 0 bridgehead atoms. The van der Waals surface area contributed by atoms with Crippen molar-refractivity contribution in [1.29, 1.82) is 0 Å². The van der Waals surface area contributed by atoms with E-state index in [1.54, 1.807) is 0 Å². The van der Waals surface area contributed by atoms with Gasteiger partial charge in [0.1, 0.15) is 0 Å². The van der Waals surface area contributed by atoms with Gasteiger partial charge in [-0.1, -0.05) is 17.7 Å². The van der Waals surface area contributed by atoms with Crippen LogP contribution in [0.2, 0.25) is 0 Å². The van der Waals surface area contributed by atoms with Gasteiger partial charge in [0, 0.05) is 9.58 Å². The third-order valence-electron chi connectivity index (χ3n) is 2.07. The average molecular weight is 176 g/mol. The number of rotatable bonds is 0. The van der Waals surface area contributed by atoms with Gasteiger partial charge in [-0.15, -0.1) is 11.3 Å². The molecule has 2 rings (SSSR count). The van der Waals surface area contributed by atoms with Crippen LogP contribution in [0.1, 0.15) is 16.0 Å². The first-order valence-corrected chi connectivity index (χ1v) is 4.96. The van der Waals surface area contributed by atoms with Gasteiger partial charge in [0.25, 0.3) is 0 Å². The molecule has 0 saturated carbocycles. The van der Waals surface area contributed by atoms with Crippen molar-refractivity contribution in [3.05, 3.63) is 34.2 Å². The predicted molar refractivity (Wildman–Crippen MR) is 56.0 cm³/mol. The van der Waals surface area contributed by atoms with Crippen LogP contribution in [0.4, 0.5) is 0 Å². The van der Waals surface area contributed by atoms with Gasteiger partial charge < -0.3 is 0 Å². The van der Waals surface area contributed by atoms with Crippen LogP contribution in [0.3, 0.4) is 0 Å². The smallest absolute Gasteiger partial charge is 0.0374 e. The van der Waals surface area contributed by atoms with E-state index < -0.39 is 0 Å². The molecule has 0 aliphatic rings. The van der Waals surface area contributed by atoms with E-state index in [0.717, 1.165) is 0 Å². The molecule has 0 N–H and O–H groups in total. The normalized spacial score (nSPS) is 10.9. The molecule has 12 heavy (non-hydrogen) atoms. The second kappa shape index (κ2) is 2.60. The molecule has 62 valence electrons. The zero-order valence-electron chi connectivity index (χ0n) is 7.64. The molecule has 0 fully saturated rings. The molecule has 0 amide bonds. The molecule has 0 spiro atoms. The standard InChI is InChI=1S/C11H12S/c1-7-4-8(2)11-10(5-7)6-9(3)12-11/h4-6H,1-3H3. The second-order valence-electron chi connectivity index (χ2n) is 3.36. The molecule has 0 atom stereocenters. The third-order valence-corrected chi connectivity index (χ3v) is 3.27. The zero-order valence-corrected chi connectivity index (χ0v) is 8.46. The number of benzene rings is 1. The van der Waals surface area contributed by atoms with Crippen molar-refractivity contribution in [3.63, 3.8) is 0 Å². The minimum Gasteiger partial charge on any atom is -0.140 e. The third kappa shape index (κ3) is 1.14. The van der Waals surface area contributed by atoms with Gasteiger partial charge in [-0.3, -0.25) is 0 Å². The van der Waals surface area contributed by atoms with E-state index in [4.69, 9.17) is 0 Å². The van der Waals surface area contributed by atoms with E-state index in [1.807, 2.05) is 11.3 Å². The summed E-state index contributed by atoms with van der Waals surface area (Å²) < 4.78 is 1.44. The Bertz CT molecular complexity index is 424. The van der Waals surface area contributed by atoms with Crippen molar-refractivity contribution in [3.8, 4) is 0 Å². The first-order chi connectivity index (χ1) is 5.66. The Morgan fingerprint density at radius 3 is 2.50 bits per heavy atom. The lowest BCUT2D eigenvalue weighted by Gasteiger charge is -1.97. The lowest BCUT2D eigenvalue weighted by atomic mass is 10.1. The fourth-order valence-corrected chi connectivity index (χ4v) is 2.61. The van der Waals surface area contributed by atoms with Crippen molar-refractivity contribution >= 4 is 21.4 Å². The summed E-state index contributed by atoms with van der Waals surface area (Å²) in [5.74, 6) is 0. The molecule has 1 heterocycles. The van der Waals surface area contributed by atoms with Crippen LogP contribution in [0.15, 0.2) is 18.2 Å². The number of hydrogen-bond acceptors (Lipinski definition) is 1. The molecule has 0 unspecified atom stereocenters. The van der Waals surface area contributed by atoms with Crippen LogP contribution in [-0.4, -0.2) is 0 Å². The summed E-state index contributed by atoms with van der Waals surface area (Å²) in [6.07, 6.45) is 0. The lowest BCUT2D eigenvalue weighted by molar-refractivity contribution is 1.44. The summed E-state index contributed by atoms with van der Waals surface area (Å²) in [4.78, 5) is 1.40. The molecule has 1 heteroatoms. The fourth-order valence-electron chi connectivity index (χ4n) is 1.64. The second-order valence-corrected chi connectivity index (χ2v) is 4.61. The average Bonchev–Trinajstić information content (AvgIpc) is 2.29. The van der Waals surface area contributed by atoms with Crippen molar-refractivity contribution in [2.75, 3.05) is 0 Å². The van der Waals surface area contributed by atoms with Crippen LogP contribution in [0.25, 0.3) is 10.1 Å². The summed E-state index contributed by atoms with van der Waals surface area (Å²) >= 11 is 1.89. The maximum absolute atomic E-state index is 2.26. The Labute approximate surface area is 76.8 Å². The van der Waals surface area contributed by atoms with Crippen molar-refractivity contribution in [2.45, 2.75) is 20.8 Å². The van der Waals surface area contributed by atoms with E-state index in [9.17, 15) is 0 Å². The summed E-state index contributed by atoms with van der Waals surface area (Å²) in [5.41, 5.74) is 2.76. The van der Waals surface area contributed by atoms with Gasteiger partial charge in [-0.2, -0.15) is 0 Å². The van der Waals surface area contributed by atoms with Gasteiger partial charge >= 0.3 is 0 Å². The van der Waals surface area contributed by atoms with Crippen LogP contribution in [-0.2, 0) is 0 Å². The van der Waals surface area contributed by atoms with Crippen molar-refractivity contribution in [1.82, 2.24) is 0 Å². The minimum atomic E-state index is 1.36. The molecule has 0 radical (unpaired) electrons. The van der Waals surface area contributed by atoms with E-state index >= 15 is 0 Å². The van der Waals surface area contributed by atoms with Gasteiger partial charge in [0.15, 0.2) is 0 Å². The van der Waals surface area contributed by atoms with Crippen molar-refractivity contribution < 1.29 is 0 Å². The number of hydrogen-bond donors (Lipinski definition) is 0. The predicted octanol–water partition coefficient (Wildman–Crippen LogP) is 3.83. The highest BCUT2D eigenvalue weighted by Crippen LogP contribution is 2.28. The highest BCUT2D eigenvalue weighted by molar-refractivity contribution is 7.19. The Balaban J connectivity index is 2.88. The van der Waals surface area contributed by atoms with E-state index in [0.29, 0.717) is 0 Å². The molecule has 0 aliphatic carbocycles. The van der Waals surface area contributed by atoms with E-state index in [1.165, 1.54) is 26.1 Å². The largest absolute Gasteiger partial charge is 0.140 e. The number of aryl methyl sites for hydroxylation is 3. The summed E-state index contributed by atoms with van der Waals surface area (Å²) in [5, 5.41) is 1.40. The first-order valence-electron chi connectivity index (χ1n) is 4.14. The first kappa shape index (κ1) is 7.81. The van der Waals surface area contributed by atoms with Crippen LogP contribution in [0, 0.1) is 20.8 Å². The molecular formula is C11H12S. The fraction of sp³-hybridized carbons (Fsp3) is 0.273. The molecule has 0 nitrogen and oxygen atoms in total. The molecule has 0 saturated heterocycles. The molecule has 1 aromatic heterocycles. The van der Waals surface area contributed by atoms with E-state index in [-0.39, 0.29) is 0 Å². The Morgan fingerprint density at radius 1 is 1.00 bits per heavy atom. The number of thiophene rings is 1. The van der Waals surface area contributed by atoms with E-state index in [2.05, 4.69) is 39.0 Å². The van der Waals surface area contributed by atoms with Crippen molar-refractivity contribution in [2.24, 2.45) is 0 Å². The van der Waals surface area contributed by atoms with Gasteiger partial charge in [-0.05, 0) is 37.8 Å². The quantitative estimate of drug-likeness (QED) is 0.572. The monoisotopic (exact) mass is 176 g/mol. The van der Waals surface area contributed by atoms with Crippen LogP contribution in [0.5, 0.6) is 0 Å². The molecular weight excluding hydrogens is 164 g/mol. The SMILES string of the molecule is Cc1cc(C)c2sc(C)cc2c1.